The van der Waals surface area contributed by atoms with Crippen molar-refractivity contribution in [2.45, 2.75) is 102 Å². The van der Waals surface area contributed by atoms with Crippen LogP contribution in [0.2, 0.25) is 0 Å². The Morgan fingerprint density at radius 1 is 0.929 bits per heavy atom. The van der Waals surface area contributed by atoms with Gasteiger partial charge in [0.1, 0.15) is 0 Å². The first-order chi connectivity index (χ1) is 13.4. The van der Waals surface area contributed by atoms with Crippen molar-refractivity contribution < 1.29 is 29.3 Å². The van der Waals surface area contributed by atoms with Crippen LogP contribution < -0.4 is 0 Å². The molecule has 0 bridgehead atoms. The lowest BCUT2D eigenvalue weighted by Gasteiger charge is -2.36. The minimum absolute atomic E-state index is 0.168. The van der Waals surface area contributed by atoms with Gasteiger partial charge in [-0.3, -0.25) is 9.59 Å². The highest BCUT2D eigenvalue weighted by Gasteiger charge is 2.54. The van der Waals surface area contributed by atoms with Gasteiger partial charge < -0.3 is 19.7 Å². The average Bonchev–Trinajstić information content (AvgIpc) is 3.56. The third kappa shape index (κ3) is 4.38. The van der Waals surface area contributed by atoms with Gasteiger partial charge >= 0.3 is 11.9 Å². The number of carboxylic acids is 2. The van der Waals surface area contributed by atoms with Crippen LogP contribution in [0.25, 0.3) is 0 Å². The lowest BCUT2D eigenvalue weighted by atomic mass is 9.67. The van der Waals surface area contributed by atoms with Gasteiger partial charge in [-0.05, 0) is 50.4 Å². The molecular weight excluding hydrogens is 360 g/mol. The van der Waals surface area contributed by atoms with Gasteiger partial charge in [0.25, 0.3) is 0 Å². The molecule has 0 radical (unpaired) electrons. The summed E-state index contributed by atoms with van der Waals surface area (Å²) in [7, 11) is 0. The van der Waals surface area contributed by atoms with Crippen LogP contribution in [0.3, 0.4) is 0 Å². The maximum absolute atomic E-state index is 11.7. The van der Waals surface area contributed by atoms with Crippen molar-refractivity contribution in [3.63, 3.8) is 0 Å². The summed E-state index contributed by atoms with van der Waals surface area (Å²) < 4.78 is 10.8. The lowest BCUT2D eigenvalue weighted by Crippen LogP contribution is -2.38. The monoisotopic (exact) mass is 394 g/mol. The smallest absolute Gasteiger partial charge is 0.309 e. The molecule has 5 rings (SSSR count). The number of fused-ring (bicyclic) bond motifs is 2. The molecule has 0 amide bonds. The van der Waals surface area contributed by atoms with Crippen LogP contribution in [-0.2, 0) is 19.1 Å². The molecule has 6 nitrogen and oxygen atoms in total. The molecule has 28 heavy (non-hydrogen) atoms. The molecule has 0 spiro atoms. The first kappa shape index (κ1) is 20.1. The first-order valence-electron chi connectivity index (χ1n) is 11.1. The summed E-state index contributed by atoms with van der Waals surface area (Å²) in [4.78, 5) is 22.3. The molecule has 5 fully saturated rings. The van der Waals surface area contributed by atoms with Gasteiger partial charge in [-0.15, -0.1) is 0 Å². The van der Waals surface area contributed by atoms with Crippen molar-refractivity contribution in [3.8, 4) is 0 Å². The maximum atomic E-state index is 11.7. The van der Waals surface area contributed by atoms with Crippen LogP contribution in [0.1, 0.15) is 77.6 Å². The molecule has 7 atom stereocenters. The van der Waals surface area contributed by atoms with E-state index in [1.54, 1.807) is 0 Å². The topological polar surface area (TPSA) is 99.7 Å². The number of carboxylic acid groups (broad SMARTS) is 2. The number of epoxide rings is 2. The minimum atomic E-state index is -0.661. The van der Waals surface area contributed by atoms with Gasteiger partial charge in [0.15, 0.2) is 0 Å². The average molecular weight is 395 g/mol. The fourth-order valence-electron chi connectivity index (χ4n) is 5.88. The number of rotatable bonds is 4. The highest BCUT2D eigenvalue weighted by atomic mass is 16.6. The van der Waals surface area contributed by atoms with E-state index in [4.69, 9.17) is 14.6 Å². The zero-order chi connectivity index (χ0) is 19.9. The van der Waals surface area contributed by atoms with E-state index in [0.29, 0.717) is 18.1 Å². The van der Waals surface area contributed by atoms with Gasteiger partial charge in [-0.1, -0.05) is 39.0 Å². The summed E-state index contributed by atoms with van der Waals surface area (Å²) in [6.45, 7) is 2.00. The second-order valence-electron chi connectivity index (χ2n) is 9.86. The van der Waals surface area contributed by atoms with E-state index < -0.39 is 17.4 Å². The Kier molecular flexibility index (Phi) is 5.71. The number of aliphatic carboxylic acids is 2. The van der Waals surface area contributed by atoms with Crippen molar-refractivity contribution in [3.05, 3.63) is 0 Å². The van der Waals surface area contributed by atoms with E-state index in [2.05, 4.69) is 0 Å². The Morgan fingerprint density at radius 2 is 1.61 bits per heavy atom. The molecule has 158 valence electrons. The van der Waals surface area contributed by atoms with E-state index in [9.17, 15) is 14.7 Å². The summed E-state index contributed by atoms with van der Waals surface area (Å²) in [5, 5.41) is 18.4. The van der Waals surface area contributed by atoms with E-state index in [-0.39, 0.29) is 24.0 Å². The Morgan fingerprint density at radius 3 is 2.25 bits per heavy atom. The SMILES string of the molecule is CC1CC2OC2CC1C(=O)O.O=C(O)C1(CC2CCCCC2)CCC2OC2C1. The molecule has 5 aliphatic rings. The van der Waals surface area contributed by atoms with Gasteiger partial charge in [0.05, 0.1) is 35.7 Å². The fraction of sp³-hybridized carbons (Fsp3) is 0.909. The summed E-state index contributed by atoms with van der Waals surface area (Å²) in [6, 6.07) is 0. The van der Waals surface area contributed by atoms with Crippen LogP contribution in [0, 0.1) is 23.2 Å². The lowest BCUT2D eigenvalue weighted by molar-refractivity contribution is -0.152. The maximum Gasteiger partial charge on any atom is 0.309 e. The molecule has 6 heteroatoms. The van der Waals surface area contributed by atoms with Gasteiger partial charge in [-0.2, -0.15) is 0 Å². The Labute approximate surface area is 167 Å². The summed E-state index contributed by atoms with van der Waals surface area (Å²) in [5.41, 5.74) is -0.459. The standard InChI is InChI=1S/C14H22O3.C8H12O3/c15-13(16)14(7-6-11-12(9-14)17-11)8-10-4-2-1-3-5-10;1-4-2-6-7(11-6)3-5(4)8(9)10/h10-12H,1-9H2,(H,15,16);4-7H,2-3H2,1H3,(H,9,10). The summed E-state index contributed by atoms with van der Waals surface area (Å²) in [5.74, 6) is -0.464. The van der Waals surface area contributed by atoms with E-state index in [0.717, 1.165) is 38.5 Å². The molecule has 7 unspecified atom stereocenters. The summed E-state index contributed by atoms with van der Waals surface area (Å²) >= 11 is 0. The molecular formula is C22H34O6. The molecule has 3 aliphatic carbocycles. The molecule has 2 N–H and O–H groups in total. The first-order valence-corrected chi connectivity index (χ1v) is 11.1. The third-order valence-electron chi connectivity index (χ3n) is 7.83. The van der Waals surface area contributed by atoms with Gasteiger partial charge in [0.2, 0.25) is 0 Å². The molecule has 2 aliphatic heterocycles. The van der Waals surface area contributed by atoms with Crippen LogP contribution >= 0.6 is 0 Å². The summed E-state index contributed by atoms with van der Waals surface area (Å²) in [6.07, 6.45) is 12.8. The largest absolute Gasteiger partial charge is 0.481 e. The van der Waals surface area contributed by atoms with Crippen LogP contribution in [0.5, 0.6) is 0 Å². The normalized spacial score (nSPS) is 44.3. The second kappa shape index (κ2) is 7.94. The van der Waals surface area contributed by atoms with Crippen molar-refractivity contribution in [1.29, 1.82) is 0 Å². The number of hydrogen-bond donors (Lipinski definition) is 2. The molecule has 0 aromatic carbocycles. The highest BCUT2D eigenvalue weighted by molar-refractivity contribution is 5.75. The van der Waals surface area contributed by atoms with E-state index in [1.807, 2.05) is 6.92 Å². The van der Waals surface area contributed by atoms with Crippen LogP contribution in [0.15, 0.2) is 0 Å². The van der Waals surface area contributed by atoms with Crippen molar-refractivity contribution >= 4 is 11.9 Å². The molecule has 0 aromatic heterocycles. The number of ether oxygens (including phenoxy) is 2. The van der Waals surface area contributed by atoms with E-state index in [1.165, 1.54) is 32.1 Å². The molecule has 2 heterocycles. The molecule has 2 saturated heterocycles. The number of hydrogen-bond acceptors (Lipinski definition) is 4. The Bertz CT molecular complexity index is 600. The van der Waals surface area contributed by atoms with Gasteiger partial charge in [0, 0.05) is 0 Å². The van der Waals surface area contributed by atoms with Gasteiger partial charge in [-0.25, -0.2) is 0 Å². The molecule has 3 saturated carbocycles. The van der Waals surface area contributed by atoms with Crippen molar-refractivity contribution in [2.75, 3.05) is 0 Å². The van der Waals surface area contributed by atoms with Crippen LogP contribution in [-0.4, -0.2) is 46.6 Å². The van der Waals surface area contributed by atoms with Crippen LogP contribution in [0.4, 0.5) is 0 Å². The molecule has 0 aromatic rings. The number of carbonyl (C=O) groups is 2. The van der Waals surface area contributed by atoms with E-state index >= 15 is 0 Å². The van der Waals surface area contributed by atoms with Crippen molar-refractivity contribution in [1.82, 2.24) is 0 Å². The minimum Gasteiger partial charge on any atom is -0.481 e. The predicted molar refractivity (Wildman–Crippen MR) is 102 cm³/mol. The third-order valence-corrected chi connectivity index (χ3v) is 7.83. The van der Waals surface area contributed by atoms with Crippen molar-refractivity contribution in [2.24, 2.45) is 23.2 Å². The quantitative estimate of drug-likeness (QED) is 0.702. The zero-order valence-electron chi connectivity index (χ0n) is 16.8. The Balaban J connectivity index is 0.000000151. The predicted octanol–water partition coefficient (Wildman–Crippen LogP) is 3.86. The fourth-order valence-corrected chi connectivity index (χ4v) is 5.88. The zero-order valence-corrected chi connectivity index (χ0v) is 16.8. The second-order valence-corrected chi connectivity index (χ2v) is 9.86. The highest BCUT2D eigenvalue weighted by Crippen LogP contribution is 2.51. The Hall–Kier alpha value is -1.14.